The van der Waals surface area contributed by atoms with Crippen molar-refractivity contribution in [2.75, 3.05) is 5.73 Å². The first-order valence-corrected chi connectivity index (χ1v) is 3.73. The van der Waals surface area contributed by atoms with Crippen molar-refractivity contribution in [1.82, 2.24) is 5.16 Å². The van der Waals surface area contributed by atoms with Crippen molar-refractivity contribution in [2.45, 2.75) is 0 Å². The lowest BCUT2D eigenvalue weighted by Crippen LogP contribution is -1.85. The molecule has 0 saturated heterocycles. The Morgan fingerprint density at radius 1 is 1.38 bits per heavy atom. The third-order valence-electron chi connectivity index (χ3n) is 1.73. The van der Waals surface area contributed by atoms with E-state index in [4.69, 9.17) is 5.73 Å². The minimum absolute atomic E-state index is 0.200. The van der Waals surface area contributed by atoms with E-state index in [-0.39, 0.29) is 11.7 Å². The van der Waals surface area contributed by atoms with E-state index in [1.165, 1.54) is 18.3 Å². The lowest BCUT2D eigenvalue weighted by atomic mass is 10.1. The fourth-order valence-corrected chi connectivity index (χ4v) is 1.12. The molecule has 1 aromatic heterocycles. The Bertz CT molecular complexity index is 425. The molecule has 0 unspecified atom stereocenters. The predicted octanol–water partition coefficient (Wildman–Crippen LogP) is 2.06. The van der Waals surface area contributed by atoms with Gasteiger partial charge in [-0.15, -0.1) is 0 Å². The Morgan fingerprint density at radius 2 is 2.23 bits per heavy atom. The summed E-state index contributed by atoms with van der Waals surface area (Å²) in [6.45, 7) is 0. The molecule has 0 spiro atoms. The number of nitrogen functional groups attached to an aromatic ring is 1. The van der Waals surface area contributed by atoms with Crippen LogP contribution in [-0.4, -0.2) is 5.16 Å². The van der Waals surface area contributed by atoms with E-state index in [2.05, 4.69) is 9.68 Å². The van der Waals surface area contributed by atoms with Gasteiger partial charge in [-0.2, -0.15) is 0 Å². The quantitative estimate of drug-likeness (QED) is 0.727. The van der Waals surface area contributed by atoms with Crippen LogP contribution >= 0.6 is 0 Å². The summed E-state index contributed by atoms with van der Waals surface area (Å²) in [6, 6.07) is 6.10. The smallest absolute Gasteiger partial charge is 0.229 e. The normalized spacial score (nSPS) is 10.2. The molecule has 2 aromatic rings. The Kier molecular flexibility index (Phi) is 1.73. The summed E-state index contributed by atoms with van der Waals surface area (Å²) in [7, 11) is 0. The van der Waals surface area contributed by atoms with Gasteiger partial charge in [0.25, 0.3) is 0 Å². The van der Waals surface area contributed by atoms with Crippen molar-refractivity contribution < 1.29 is 8.91 Å². The summed E-state index contributed by atoms with van der Waals surface area (Å²) < 4.78 is 17.5. The average Bonchev–Trinajstić information content (AvgIpc) is 2.51. The maximum absolute atomic E-state index is 12.8. The number of nitrogens with zero attached hydrogens (tertiary/aromatic N) is 1. The average molecular weight is 178 g/mol. The molecule has 0 aliphatic carbocycles. The van der Waals surface area contributed by atoms with Crippen molar-refractivity contribution in [3.63, 3.8) is 0 Å². The molecule has 0 radical (unpaired) electrons. The Balaban J connectivity index is 2.53. The molecule has 2 N–H and O–H groups in total. The molecular weight excluding hydrogens is 171 g/mol. The van der Waals surface area contributed by atoms with Crippen molar-refractivity contribution >= 4 is 5.88 Å². The molecule has 0 amide bonds. The molecule has 4 heteroatoms. The van der Waals surface area contributed by atoms with E-state index < -0.39 is 0 Å². The van der Waals surface area contributed by atoms with Gasteiger partial charge in [0, 0.05) is 0 Å². The van der Waals surface area contributed by atoms with Crippen LogP contribution in [0, 0.1) is 5.82 Å². The molecule has 2 rings (SSSR count). The third-order valence-corrected chi connectivity index (χ3v) is 1.73. The second-order valence-corrected chi connectivity index (χ2v) is 2.61. The molecule has 66 valence electrons. The van der Waals surface area contributed by atoms with Gasteiger partial charge in [0.15, 0.2) is 0 Å². The number of benzene rings is 1. The molecule has 0 aliphatic heterocycles. The Hall–Kier alpha value is -1.84. The number of rotatable bonds is 1. The first-order valence-electron chi connectivity index (χ1n) is 3.73. The number of hydrogen-bond donors (Lipinski definition) is 1. The largest absolute Gasteiger partial charge is 0.367 e. The minimum atomic E-state index is -0.307. The van der Waals surface area contributed by atoms with Crippen LogP contribution in [0.15, 0.2) is 35.0 Å². The van der Waals surface area contributed by atoms with Gasteiger partial charge < -0.3 is 10.3 Å². The summed E-state index contributed by atoms with van der Waals surface area (Å²) in [4.78, 5) is 0. The van der Waals surface area contributed by atoms with Gasteiger partial charge in [-0.3, -0.25) is 0 Å². The van der Waals surface area contributed by atoms with Gasteiger partial charge in [-0.25, -0.2) is 4.39 Å². The molecule has 1 heterocycles. The Morgan fingerprint density at radius 3 is 2.85 bits per heavy atom. The molecule has 0 fully saturated rings. The zero-order valence-corrected chi connectivity index (χ0v) is 6.70. The third kappa shape index (κ3) is 1.38. The first-order chi connectivity index (χ1) is 6.27. The first kappa shape index (κ1) is 7.79. The number of hydrogen-bond acceptors (Lipinski definition) is 3. The summed E-state index contributed by atoms with van der Waals surface area (Å²) in [5.41, 5.74) is 6.75. The van der Waals surface area contributed by atoms with Gasteiger partial charge in [0.2, 0.25) is 5.88 Å². The van der Waals surface area contributed by atoms with Gasteiger partial charge in [0.1, 0.15) is 5.82 Å². The minimum Gasteiger partial charge on any atom is -0.367 e. The predicted molar refractivity (Wildman–Crippen MR) is 46.3 cm³/mol. The van der Waals surface area contributed by atoms with Crippen molar-refractivity contribution in [3.8, 4) is 11.1 Å². The number of nitrogens with two attached hydrogens (primary N) is 1. The van der Waals surface area contributed by atoms with E-state index >= 15 is 0 Å². The lowest BCUT2D eigenvalue weighted by Gasteiger charge is -1.96. The van der Waals surface area contributed by atoms with Crippen molar-refractivity contribution in [3.05, 3.63) is 36.3 Å². The van der Waals surface area contributed by atoms with Crippen LogP contribution in [-0.2, 0) is 0 Å². The second kappa shape index (κ2) is 2.90. The zero-order valence-electron chi connectivity index (χ0n) is 6.70. The van der Waals surface area contributed by atoms with Crippen LogP contribution in [0.2, 0.25) is 0 Å². The topological polar surface area (TPSA) is 52.0 Å². The summed E-state index contributed by atoms with van der Waals surface area (Å²) in [5.74, 6) is -0.108. The molecule has 0 bridgehead atoms. The maximum Gasteiger partial charge on any atom is 0.229 e. The van der Waals surface area contributed by atoms with Crippen LogP contribution in [0.3, 0.4) is 0 Å². The molecule has 1 aromatic carbocycles. The van der Waals surface area contributed by atoms with Crippen LogP contribution < -0.4 is 5.73 Å². The highest BCUT2D eigenvalue weighted by molar-refractivity contribution is 5.71. The number of halogens is 1. The molecule has 0 aliphatic rings. The van der Waals surface area contributed by atoms with E-state index in [9.17, 15) is 4.39 Å². The molecule has 0 atom stereocenters. The van der Waals surface area contributed by atoms with Gasteiger partial charge in [0.05, 0.1) is 11.8 Å². The molecule has 13 heavy (non-hydrogen) atoms. The monoisotopic (exact) mass is 178 g/mol. The highest BCUT2D eigenvalue weighted by Gasteiger charge is 2.06. The van der Waals surface area contributed by atoms with E-state index in [1.807, 2.05) is 0 Å². The van der Waals surface area contributed by atoms with Gasteiger partial charge in [-0.05, 0) is 17.7 Å². The maximum atomic E-state index is 12.8. The standard InChI is InChI=1S/C9H7FN2O/c10-7-3-1-2-6(4-7)8-5-12-13-9(8)11/h1-5H,11H2. The molecule has 0 saturated carbocycles. The molecule has 3 nitrogen and oxygen atoms in total. The fourth-order valence-electron chi connectivity index (χ4n) is 1.12. The number of anilines is 1. The van der Waals surface area contributed by atoms with Crippen LogP contribution in [0.1, 0.15) is 0 Å². The van der Waals surface area contributed by atoms with Crippen LogP contribution in [0.4, 0.5) is 10.3 Å². The van der Waals surface area contributed by atoms with E-state index in [0.29, 0.717) is 11.1 Å². The molecular formula is C9H7FN2O. The van der Waals surface area contributed by atoms with Crippen LogP contribution in [0.25, 0.3) is 11.1 Å². The van der Waals surface area contributed by atoms with Crippen molar-refractivity contribution in [1.29, 1.82) is 0 Å². The number of aromatic nitrogens is 1. The summed E-state index contributed by atoms with van der Waals surface area (Å²) in [6.07, 6.45) is 1.46. The van der Waals surface area contributed by atoms with Crippen LogP contribution in [0.5, 0.6) is 0 Å². The van der Waals surface area contributed by atoms with E-state index in [0.717, 1.165) is 0 Å². The zero-order chi connectivity index (χ0) is 9.26. The highest BCUT2D eigenvalue weighted by atomic mass is 19.1. The Labute approximate surface area is 74.0 Å². The van der Waals surface area contributed by atoms with Crippen molar-refractivity contribution in [2.24, 2.45) is 0 Å². The van der Waals surface area contributed by atoms with Gasteiger partial charge in [-0.1, -0.05) is 17.3 Å². The summed E-state index contributed by atoms with van der Waals surface area (Å²) in [5, 5.41) is 3.51. The van der Waals surface area contributed by atoms with Gasteiger partial charge >= 0.3 is 0 Å². The summed E-state index contributed by atoms with van der Waals surface area (Å²) >= 11 is 0. The second-order valence-electron chi connectivity index (χ2n) is 2.61. The fraction of sp³-hybridized carbons (Fsp3) is 0. The highest BCUT2D eigenvalue weighted by Crippen LogP contribution is 2.25. The lowest BCUT2D eigenvalue weighted by molar-refractivity contribution is 0.436. The van der Waals surface area contributed by atoms with E-state index in [1.54, 1.807) is 12.1 Å². The SMILES string of the molecule is Nc1oncc1-c1cccc(F)c1.